The van der Waals surface area contributed by atoms with Crippen molar-refractivity contribution in [1.29, 1.82) is 5.26 Å². The fraction of sp³-hybridized carbons (Fsp3) is 0.429. The smallest absolute Gasteiger partial charge is 0.195 e. The summed E-state index contributed by atoms with van der Waals surface area (Å²) >= 11 is 0. The summed E-state index contributed by atoms with van der Waals surface area (Å²) in [6.07, 6.45) is 2.80. The third kappa shape index (κ3) is 3.79. The van der Waals surface area contributed by atoms with Crippen molar-refractivity contribution in [2.45, 2.75) is 64.1 Å². The van der Waals surface area contributed by atoms with Crippen LogP contribution in [0.1, 0.15) is 91.2 Å². The number of fused-ring (bicyclic) bond motifs is 4. The molecule has 0 bridgehead atoms. The maximum Gasteiger partial charge on any atom is 0.195 e. The number of carbonyl (C=O) groups is 1. The van der Waals surface area contributed by atoms with Gasteiger partial charge in [0.15, 0.2) is 11.6 Å². The summed E-state index contributed by atoms with van der Waals surface area (Å²) in [6.45, 7) is 8.28. The van der Waals surface area contributed by atoms with Crippen LogP contribution in [0.25, 0.3) is 10.9 Å². The molecule has 1 aromatic heterocycles. The average molecular weight is 459 g/mol. The second-order valence-corrected chi connectivity index (χ2v) is 10.4. The van der Waals surface area contributed by atoms with Crippen LogP contribution in [0.15, 0.2) is 30.3 Å². The number of ketones is 1. The maximum atomic E-state index is 13.7. The highest BCUT2D eigenvalue weighted by molar-refractivity contribution is 6.20. The number of ether oxygens (including phenoxy) is 2. The number of H-pyrrole nitrogens is 1. The SMILES string of the molecule is CC(C)(O)OCCCOc1ccc2c(c1)C(C)(C)c1[nH]c3c(C4CC4)c(C#N)ccc3c1C2=O. The van der Waals surface area contributed by atoms with Crippen molar-refractivity contribution in [3.8, 4) is 11.8 Å². The van der Waals surface area contributed by atoms with Gasteiger partial charge in [-0.15, -0.1) is 0 Å². The van der Waals surface area contributed by atoms with E-state index in [-0.39, 0.29) is 5.78 Å². The number of aromatic amines is 1. The van der Waals surface area contributed by atoms with Crippen LogP contribution in [-0.4, -0.2) is 34.9 Å². The second-order valence-electron chi connectivity index (χ2n) is 10.4. The average Bonchev–Trinajstić information content (AvgIpc) is 3.54. The van der Waals surface area contributed by atoms with Crippen LogP contribution < -0.4 is 4.74 Å². The summed E-state index contributed by atoms with van der Waals surface area (Å²) in [7, 11) is 0. The molecular formula is C28H30N2O4. The molecule has 1 fully saturated rings. The van der Waals surface area contributed by atoms with E-state index in [1.165, 1.54) is 0 Å². The van der Waals surface area contributed by atoms with Crippen molar-refractivity contribution >= 4 is 16.7 Å². The first kappa shape index (κ1) is 22.6. The molecule has 6 nitrogen and oxygen atoms in total. The fourth-order valence-corrected chi connectivity index (χ4v) is 5.05. The molecule has 3 aromatic rings. The number of hydrogen-bond acceptors (Lipinski definition) is 5. The molecule has 0 unspecified atom stereocenters. The molecule has 2 aliphatic carbocycles. The molecule has 0 amide bonds. The van der Waals surface area contributed by atoms with Gasteiger partial charge in [-0.1, -0.05) is 19.9 Å². The van der Waals surface area contributed by atoms with Crippen molar-refractivity contribution in [2.75, 3.05) is 13.2 Å². The van der Waals surface area contributed by atoms with E-state index in [0.29, 0.717) is 42.4 Å². The molecule has 2 aromatic carbocycles. The van der Waals surface area contributed by atoms with Gasteiger partial charge in [0.25, 0.3) is 0 Å². The first-order valence-electron chi connectivity index (χ1n) is 11.9. The van der Waals surface area contributed by atoms with E-state index in [2.05, 4.69) is 24.9 Å². The summed E-state index contributed by atoms with van der Waals surface area (Å²) in [5, 5.41) is 20.2. The zero-order valence-corrected chi connectivity index (χ0v) is 20.1. The molecule has 2 aliphatic rings. The zero-order valence-electron chi connectivity index (χ0n) is 20.1. The van der Waals surface area contributed by atoms with Gasteiger partial charge >= 0.3 is 0 Å². The van der Waals surface area contributed by atoms with E-state index in [1.54, 1.807) is 13.8 Å². The van der Waals surface area contributed by atoms with Crippen molar-refractivity contribution in [3.05, 3.63) is 63.8 Å². The number of aliphatic hydroxyl groups is 1. The summed E-state index contributed by atoms with van der Waals surface area (Å²) in [5.41, 5.74) is 5.48. The van der Waals surface area contributed by atoms with E-state index in [4.69, 9.17) is 9.47 Å². The number of carbonyl (C=O) groups excluding carboxylic acids is 1. The Labute approximate surface area is 199 Å². The Hall–Kier alpha value is -3.14. The Morgan fingerprint density at radius 1 is 1.21 bits per heavy atom. The molecule has 0 atom stereocenters. The van der Waals surface area contributed by atoms with Gasteiger partial charge in [0.1, 0.15) is 5.75 Å². The Balaban J connectivity index is 1.49. The standard InChI is InChI=1S/C28H30N2O4/c1-27(2)21-14-18(33-12-5-13-34-28(3,4)32)9-11-19(21)25(31)23-20-10-8-17(15-29)22(16-6-7-16)24(20)30-26(23)27/h8-11,14,16,30,32H,5-7,12-13H2,1-4H3. The topological polar surface area (TPSA) is 95.3 Å². The molecule has 176 valence electrons. The molecule has 2 N–H and O–H groups in total. The number of nitriles is 1. The molecule has 0 saturated heterocycles. The highest BCUT2D eigenvalue weighted by Crippen LogP contribution is 2.49. The van der Waals surface area contributed by atoms with E-state index in [0.717, 1.165) is 46.1 Å². The number of aromatic nitrogens is 1. The van der Waals surface area contributed by atoms with Crippen LogP contribution >= 0.6 is 0 Å². The Morgan fingerprint density at radius 3 is 2.65 bits per heavy atom. The summed E-state index contributed by atoms with van der Waals surface area (Å²) in [6, 6.07) is 11.8. The van der Waals surface area contributed by atoms with Crippen LogP contribution in [0.5, 0.6) is 5.75 Å². The monoisotopic (exact) mass is 458 g/mol. The van der Waals surface area contributed by atoms with Crippen molar-refractivity contribution in [3.63, 3.8) is 0 Å². The van der Waals surface area contributed by atoms with Gasteiger partial charge < -0.3 is 19.6 Å². The van der Waals surface area contributed by atoms with Gasteiger partial charge in [-0.3, -0.25) is 4.79 Å². The van der Waals surface area contributed by atoms with Crippen LogP contribution in [0, 0.1) is 11.3 Å². The second kappa shape index (κ2) is 7.97. The number of rotatable bonds is 7. The molecule has 1 saturated carbocycles. The first-order valence-corrected chi connectivity index (χ1v) is 11.9. The summed E-state index contributed by atoms with van der Waals surface area (Å²) in [4.78, 5) is 17.2. The van der Waals surface area contributed by atoms with Gasteiger partial charge in [-0.05, 0) is 68.0 Å². The minimum Gasteiger partial charge on any atom is -0.493 e. The van der Waals surface area contributed by atoms with Crippen molar-refractivity contribution in [2.24, 2.45) is 0 Å². The highest BCUT2D eigenvalue weighted by Gasteiger charge is 2.41. The molecule has 0 aliphatic heterocycles. The quantitative estimate of drug-likeness (QED) is 0.370. The minimum absolute atomic E-state index is 0.00663. The number of hydrogen-bond donors (Lipinski definition) is 2. The lowest BCUT2D eigenvalue weighted by atomic mass is 9.71. The normalized spacial score (nSPS) is 16.8. The van der Waals surface area contributed by atoms with Gasteiger partial charge in [-0.25, -0.2) is 0 Å². The van der Waals surface area contributed by atoms with Gasteiger partial charge in [0.05, 0.1) is 35.9 Å². The number of nitrogens with zero attached hydrogens (tertiary/aromatic N) is 1. The van der Waals surface area contributed by atoms with Crippen molar-refractivity contribution < 1.29 is 19.4 Å². The molecular weight excluding hydrogens is 428 g/mol. The summed E-state index contributed by atoms with van der Waals surface area (Å²) in [5.74, 6) is -0.0552. The van der Waals surface area contributed by atoms with E-state index < -0.39 is 11.2 Å². The minimum atomic E-state index is -1.15. The van der Waals surface area contributed by atoms with Crippen LogP contribution in [0.3, 0.4) is 0 Å². The lowest BCUT2D eigenvalue weighted by Gasteiger charge is -2.32. The summed E-state index contributed by atoms with van der Waals surface area (Å²) < 4.78 is 11.3. The lowest BCUT2D eigenvalue weighted by molar-refractivity contribution is -0.176. The lowest BCUT2D eigenvalue weighted by Crippen LogP contribution is -2.30. The van der Waals surface area contributed by atoms with E-state index >= 15 is 0 Å². The van der Waals surface area contributed by atoms with Crippen molar-refractivity contribution in [1.82, 2.24) is 4.98 Å². The van der Waals surface area contributed by atoms with Gasteiger partial charge in [0.2, 0.25) is 0 Å². The molecule has 5 rings (SSSR count). The van der Waals surface area contributed by atoms with Crippen LogP contribution in [-0.2, 0) is 10.2 Å². The Bertz CT molecular complexity index is 1330. The third-order valence-corrected chi connectivity index (χ3v) is 6.89. The molecule has 6 heteroatoms. The number of benzene rings is 2. The van der Waals surface area contributed by atoms with Gasteiger partial charge in [0, 0.05) is 28.5 Å². The Morgan fingerprint density at radius 2 is 1.97 bits per heavy atom. The number of nitrogens with one attached hydrogen (secondary N) is 1. The first-order chi connectivity index (χ1) is 16.1. The maximum absolute atomic E-state index is 13.7. The fourth-order valence-electron chi connectivity index (χ4n) is 5.05. The van der Waals surface area contributed by atoms with Crippen LogP contribution in [0.2, 0.25) is 0 Å². The molecule has 0 spiro atoms. The predicted octanol–water partition coefficient (Wildman–Crippen LogP) is 5.30. The third-order valence-electron chi connectivity index (χ3n) is 6.89. The van der Waals surface area contributed by atoms with Crippen LogP contribution in [0.4, 0.5) is 0 Å². The van der Waals surface area contributed by atoms with Gasteiger partial charge in [-0.2, -0.15) is 5.26 Å². The molecule has 1 heterocycles. The molecule has 0 radical (unpaired) electrons. The highest BCUT2D eigenvalue weighted by atomic mass is 16.6. The molecule has 34 heavy (non-hydrogen) atoms. The Kier molecular flexibility index (Phi) is 5.31. The van der Waals surface area contributed by atoms with E-state index in [9.17, 15) is 15.2 Å². The zero-order chi connectivity index (χ0) is 24.3. The largest absolute Gasteiger partial charge is 0.493 e. The predicted molar refractivity (Wildman–Crippen MR) is 129 cm³/mol. The van der Waals surface area contributed by atoms with E-state index in [1.807, 2.05) is 30.3 Å².